The fourth-order valence-corrected chi connectivity index (χ4v) is 3.58. The van der Waals surface area contributed by atoms with E-state index in [-0.39, 0.29) is 24.7 Å². The van der Waals surface area contributed by atoms with Crippen LogP contribution in [0.4, 0.5) is 0 Å². The molecule has 0 saturated carbocycles. The van der Waals surface area contributed by atoms with Gasteiger partial charge in [-0.05, 0) is 32.9 Å². The number of piperazine rings is 1. The van der Waals surface area contributed by atoms with E-state index in [1.807, 2.05) is 13.8 Å². The van der Waals surface area contributed by atoms with Crippen molar-refractivity contribution in [1.82, 2.24) is 19.9 Å². The van der Waals surface area contributed by atoms with Crippen molar-refractivity contribution < 1.29 is 22.9 Å². The second-order valence-electron chi connectivity index (χ2n) is 7.42. The van der Waals surface area contributed by atoms with Crippen LogP contribution in [0, 0.1) is 20.8 Å². The van der Waals surface area contributed by atoms with Crippen LogP contribution in [0.3, 0.4) is 0 Å². The molecule has 30 heavy (non-hydrogen) atoms. The van der Waals surface area contributed by atoms with Gasteiger partial charge >= 0.3 is 0 Å². The largest absolute Gasteiger partial charge is 0.459 e. The summed E-state index contributed by atoms with van der Waals surface area (Å²) in [6.45, 7) is 7.42. The van der Waals surface area contributed by atoms with Crippen LogP contribution in [0.15, 0.2) is 31.8 Å². The van der Waals surface area contributed by atoms with Gasteiger partial charge in [0.2, 0.25) is 11.8 Å². The third-order valence-electron chi connectivity index (χ3n) is 5.44. The molecule has 0 unspecified atom stereocenters. The minimum absolute atomic E-state index is 0.0203. The number of hydrogen-bond acceptors (Lipinski definition) is 7. The van der Waals surface area contributed by atoms with E-state index >= 15 is 0 Å². The molecule has 1 aliphatic heterocycles. The summed E-state index contributed by atoms with van der Waals surface area (Å²) in [5, 5.41) is 3.90. The number of nitrogens with zero attached hydrogens (tertiary/aromatic N) is 4. The summed E-state index contributed by atoms with van der Waals surface area (Å²) in [7, 11) is 0. The number of oxazole rings is 1. The van der Waals surface area contributed by atoms with E-state index in [2.05, 4.69) is 10.1 Å². The maximum atomic E-state index is 12.7. The Kier molecular flexibility index (Phi) is 5.43. The van der Waals surface area contributed by atoms with Gasteiger partial charge in [-0.25, -0.2) is 4.98 Å². The molecule has 4 heterocycles. The van der Waals surface area contributed by atoms with Crippen LogP contribution in [0.2, 0.25) is 0 Å². The highest BCUT2D eigenvalue weighted by molar-refractivity contribution is 5.81. The molecular formula is C21H24N4O5. The highest BCUT2D eigenvalue weighted by Gasteiger charge is 2.27. The van der Waals surface area contributed by atoms with E-state index in [0.717, 1.165) is 11.3 Å². The van der Waals surface area contributed by atoms with Crippen molar-refractivity contribution in [2.75, 3.05) is 26.2 Å². The average molecular weight is 412 g/mol. The Morgan fingerprint density at radius 1 is 1.00 bits per heavy atom. The van der Waals surface area contributed by atoms with E-state index in [9.17, 15) is 9.59 Å². The number of aromatic nitrogens is 2. The second kappa shape index (κ2) is 8.17. The lowest BCUT2D eigenvalue weighted by molar-refractivity contribution is -0.138. The molecule has 3 aromatic heterocycles. The molecule has 0 atom stereocenters. The summed E-state index contributed by atoms with van der Waals surface area (Å²) in [6.07, 6.45) is 1.97. The summed E-state index contributed by atoms with van der Waals surface area (Å²) >= 11 is 0. The zero-order valence-corrected chi connectivity index (χ0v) is 17.3. The van der Waals surface area contributed by atoms with Crippen molar-refractivity contribution >= 4 is 11.8 Å². The molecule has 1 fully saturated rings. The maximum absolute atomic E-state index is 12.7. The molecule has 4 rings (SSSR count). The maximum Gasteiger partial charge on any atom is 0.263 e. The summed E-state index contributed by atoms with van der Waals surface area (Å²) in [6, 6.07) is 3.52. The highest BCUT2D eigenvalue weighted by Crippen LogP contribution is 2.23. The predicted octanol–water partition coefficient (Wildman–Crippen LogP) is 2.30. The fourth-order valence-electron chi connectivity index (χ4n) is 3.58. The first-order valence-electron chi connectivity index (χ1n) is 9.90. The van der Waals surface area contributed by atoms with Crippen molar-refractivity contribution in [3.05, 3.63) is 46.9 Å². The normalized spacial score (nSPS) is 14.4. The molecule has 158 valence electrons. The zero-order chi connectivity index (χ0) is 21.3. The zero-order valence-electron chi connectivity index (χ0n) is 17.3. The Hall–Kier alpha value is -3.36. The number of furan rings is 1. The van der Waals surface area contributed by atoms with Crippen LogP contribution in [0.25, 0.3) is 11.7 Å². The van der Waals surface area contributed by atoms with Crippen molar-refractivity contribution in [1.29, 1.82) is 0 Å². The third-order valence-corrected chi connectivity index (χ3v) is 5.44. The molecule has 0 N–H and O–H groups in total. The van der Waals surface area contributed by atoms with E-state index in [1.54, 1.807) is 35.1 Å². The second-order valence-corrected chi connectivity index (χ2v) is 7.42. The molecule has 0 radical (unpaired) electrons. The van der Waals surface area contributed by atoms with Gasteiger partial charge in [0, 0.05) is 31.7 Å². The quantitative estimate of drug-likeness (QED) is 0.633. The van der Waals surface area contributed by atoms with Gasteiger partial charge in [-0.15, -0.1) is 0 Å². The molecule has 1 saturated heterocycles. The van der Waals surface area contributed by atoms with Gasteiger partial charge in [0.15, 0.2) is 5.76 Å². The van der Waals surface area contributed by atoms with Gasteiger partial charge < -0.3 is 23.2 Å². The molecule has 0 aliphatic carbocycles. The summed E-state index contributed by atoms with van der Waals surface area (Å²) < 4.78 is 16.1. The van der Waals surface area contributed by atoms with Crippen LogP contribution in [0.1, 0.15) is 28.5 Å². The van der Waals surface area contributed by atoms with Gasteiger partial charge in [0.1, 0.15) is 11.5 Å². The summed E-state index contributed by atoms with van der Waals surface area (Å²) in [5.74, 6) is 2.16. The third kappa shape index (κ3) is 4.00. The first-order chi connectivity index (χ1) is 14.4. The van der Waals surface area contributed by atoms with Gasteiger partial charge in [0.05, 0.1) is 30.5 Å². The number of rotatable bonds is 5. The highest BCUT2D eigenvalue weighted by atomic mass is 16.5. The van der Waals surface area contributed by atoms with Crippen LogP contribution in [-0.4, -0.2) is 57.9 Å². The summed E-state index contributed by atoms with van der Waals surface area (Å²) in [5.41, 5.74) is 2.18. The SMILES string of the molecule is Cc1noc(C)c1CC(=O)N1CCN(C(=O)Cc2nc(-c3ccco3)oc2C)CC1. The molecule has 0 bridgehead atoms. The molecular weight excluding hydrogens is 388 g/mol. The van der Waals surface area contributed by atoms with Crippen LogP contribution < -0.4 is 0 Å². The van der Waals surface area contributed by atoms with E-state index in [0.29, 0.717) is 55.0 Å². The number of hydrogen-bond donors (Lipinski definition) is 0. The molecule has 1 aliphatic rings. The predicted molar refractivity (Wildman–Crippen MR) is 105 cm³/mol. The number of aryl methyl sites for hydroxylation is 3. The average Bonchev–Trinajstić information content (AvgIpc) is 3.46. The fraction of sp³-hybridized carbons (Fsp3) is 0.429. The number of amides is 2. The van der Waals surface area contributed by atoms with Crippen molar-refractivity contribution in [2.45, 2.75) is 33.6 Å². The minimum Gasteiger partial charge on any atom is -0.459 e. The van der Waals surface area contributed by atoms with E-state index in [1.165, 1.54) is 0 Å². The standard InChI is InChI=1S/C21H24N4O5/c1-13-16(14(2)30-23-13)11-19(26)24-6-8-25(9-7-24)20(27)12-17-15(3)29-21(22-17)18-5-4-10-28-18/h4-5,10H,6-9,11-12H2,1-3H3. The van der Waals surface area contributed by atoms with Gasteiger partial charge in [-0.1, -0.05) is 5.16 Å². The Morgan fingerprint density at radius 2 is 1.67 bits per heavy atom. The van der Waals surface area contributed by atoms with E-state index < -0.39 is 0 Å². The van der Waals surface area contributed by atoms with Crippen LogP contribution >= 0.6 is 0 Å². The Labute approximate surface area is 173 Å². The van der Waals surface area contributed by atoms with Gasteiger partial charge in [-0.2, -0.15) is 0 Å². The van der Waals surface area contributed by atoms with Gasteiger partial charge in [-0.3, -0.25) is 9.59 Å². The smallest absolute Gasteiger partial charge is 0.263 e. The number of carbonyl (C=O) groups is 2. The van der Waals surface area contributed by atoms with Crippen molar-refractivity contribution in [2.24, 2.45) is 0 Å². The minimum atomic E-state index is -0.0322. The first-order valence-corrected chi connectivity index (χ1v) is 9.90. The Morgan fingerprint density at radius 3 is 2.23 bits per heavy atom. The molecule has 0 spiro atoms. The molecule has 3 aromatic rings. The molecule has 0 aromatic carbocycles. The molecule has 9 nitrogen and oxygen atoms in total. The van der Waals surface area contributed by atoms with Gasteiger partial charge in [0.25, 0.3) is 5.89 Å². The Balaban J connectivity index is 1.32. The van der Waals surface area contributed by atoms with Crippen molar-refractivity contribution in [3.63, 3.8) is 0 Å². The molecule has 9 heteroatoms. The van der Waals surface area contributed by atoms with Crippen LogP contribution in [0.5, 0.6) is 0 Å². The Bertz CT molecular complexity index is 1020. The molecule has 2 amide bonds. The van der Waals surface area contributed by atoms with Crippen LogP contribution in [-0.2, 0) is 22.4 Å². The lowest BCUT2D eigenvalue weighted by atomic mass is 10.1. The first kappa shape index (κ1) is 19.9. The lowest BCUT2D eigenvalue weighted by Crippen LogP contribution is -2.51. The monoisotopic (exact) mass is 412 g/mol. The topological polar surface area (TPSA) is 106 Å². The lowest BCUT2D eigenvalue weighted by Gasteiger charge is -2.34. The van der Waals surface area contributed by atoms with Crippen molar-refractivity contribution in [3.8, 4) is 11.7 Å². The summed E-state index contributed by atoms with van der Waals surface area (Å²) in [4.78, 5) is 33.3. The van der Waals surface area contributed by atoms with E-state index in [4.69, 9.17) is 13.4 Å². The number of carbonyl (C=O) groups excluding carboxylic acids is 2.